The second-order valence-electron chi connectivity index (χ2n) is 4.95. The standard InChI is InChI=1S/C15H19NOS/c1-2-6-12(10-16)15(17)14-9-11-7-4-3-5-8-13(11)18-14/h9,12H,2-8H2,1H3. The molecule has 1 heterocycles. The van der Waals surface area contributed by atoms with Crippen molar-refractivity contribution in [2.45, 2.75) is 51.9 Å². The van der Waals surface area contributed by atoms with Crippen LogP contribution in [0.15, 0.2) is 6.07 Å². The number of nitrogens with zero attached hydrogens (tertiary/aromatic N) is 1. The molecule has 1 aliphatic carbocycles. The second-order valence-corrected chi connectivity index (χ2v) is 6.09. The Morgan fingerprint density at radius 2 is 2.22 bits per heavy atom. The normalized spacial score (nSPS) is 16.4. The van der Waals surface area contributed by atoms with Crippen LogP contribution in [-0.4, -0.2) is 5.78 Å². The van der Waals surface area contributed by atoms with Crippen molar-refractivity contribution in [3.05, 3.63) is 21.4 Å². The molecule has 0 bridgehead atoms. The van der Waals surface area contributed by atoms with Crippen molar-refractivity contribution >= 4 is 17.1 Å². The van der Waals surface area contributed by atoms with Gasteiger partial charge < -0.3 is 0 Å². The third kappa shape index (κ3) is 2.81. The molecular weight excluding hydrogens is 242 g/mol. The third-order valence-electron chi connectivity index (χ3n) is 3.54. The Bertz CT molecular complexity index is 446. The zero-order chi connectivity index (χ0) is 13.0. The van der Waals surface area contributed by atoms with E-state index in [0.29, 0.717) is 6.42 Å². The summed E-state index contributed by atoms with van der Waals surface area (Å²) < 4.78 is 0. The molecule has 1 aromatic heterocycles. The third-order valence-corrected chi connectivity index (χ3v) is 4.79. The molecule has 96 valence electrons. The van der Waals surface area contributed by atoms with Crippen LogP contribution in [0.3, 0.4) is 0 Å². The SMILES string of the molecule is CCCC(C#N)C(=O)c1cc2c(s1)CCCCC2. The Balaban J connectivity index is 2.19. The lowest BCUT2D eigenvalue weighted by Crippen LogP contribution is -2.11. The van der Waals surface area contributed by atoms with Crippen LogP contribution in [0.5, 0.6) is 0 Å². The Morgan fingerprint density at radius 3 is 2.94 bits per heavy atom. The smallest absolute Gasteiger partial charge is 0.189 e. The van der Waals surface area contributed by atoms with Gasteiger partial charge in [-0.3, -0.25) is 4.79 Å². The van der Waals surface area contributed by atoms with Crippen molar-refractivity contribution in [1.29, 1.82) is 5.26 Å². The number of carbonyl (C=O) groups excluding carboxylic acids is 1. The summed E-state index contributed by atoms with van der Waals surface area (Å²) in [6.45, 7) is 2.02. The molecule has 0 spiro atoms. The molecule has 1 aromatic rings. The first-order chi connectivity index (χ1) is 8.76. The maximum atomic E-state index is 12.3. The summed E-state index contributed by atoms with van der Waals surface area (Å²) in [5.74, 6) is -0.408. The van der Waals surface area contributed by atoms with Gasteiger partial charge in [0, 0.05) is 4.88 Å². The van der Waals surface area contributed by atoms with Crippen LogP contribution in [0.2, 0.25) is 0 Å². The minimum atomic E-state index is -0.447. The van der Waals surface area contributed by atoms with Crippen LogP contribution in [-0.2, 0) is 12.8 Å². The number of nitriles is 1. The number of fused-ring (bicyclic) bond motifs is 1. The van der Waals surface area contributed by atoms with Gasteiger partial charge in [-0.1, -0.05) is 19.8 Å². The van der Waals surface area contributed by atoms with Crippen LogP contribution in [0.25, 0.3) is 0 Å². The van der Waals surface area contributed by atoms with E-state index in [9.17, 15) is 4.79 Å². The van der Waals surface area contributed by atoms with Gasteiger partial charge in [0.25, 0.3) is 0 Å². The average molecular weight is 261 g/mol. The first kappa shape index (κ1) is 13.3. The van der Waals surface area contributed by atoms with Gasteiger partial charge in [-0.15, -0.1) is 11.3 Å². The van der Waals surface area contributed by atoms with Crippen LogP contribution in [0.4, 0.5) is 0 Å². The monoisotopic (exact) mass is 261 g/mol. The molecule has 0 saturated carbocycles. The molecule has 0 saturated heterocycles. The predicted molar refractivity (Wildman–Crippen MR) is 73.9 cm³/mol. The molecule has 1 atom stereocenters. The molecule has 0 aromatic carbocycles. The van der Waals surface area contributed by atoms with Crippen molar-refractivity contribution < 1.29 is 4.79 Å². The van der Waals surface area contributed by atoms with Gasteiger partial charge in [-0.2, -0.15) is 5.26 Å². The Kier molecular flexibility index (Phi) is 4.54. The highest BCUT2D eigenvalue weighted by Crippen LogP contribution is 2.30. The summed E-state index contributed by atoms with van der Waals surface area (Å²) in [6.07, 6.45) is 7.53. The molecule has 3 heteroatoms. The number of aryl methyl sites for hydroxylation is 2. The lowest BCUT2D eigenvalue weighted by atomic mass is 9.98. The maximum absolute atomic E-state index is 12.3. The summed E-state index contributed by atoms with van der Waals surface area (Å²) in [5.41, 5.74) is 1.36. The summed E-state index contributed by atoms with van der Waals surface area (Å²) >= 11 is 1.63. The Morgan fingerprint density at radius 1 is 1.44 bits per heavy atom. The van der Waals surface area contributed by atoms with Gasteiger partial charge >= 0.3 is 0 Å². The van der Waals surface area contributed by atoms with Gasteiger partial charge in [0.1, 0.15) is 5.92 Å². The van der Waals surface area contributed by atoms with Gasteiger partial charge in [0.15, 0.2) is 5.78 Å². The fraction of sp³-hybridized carbons (Fsp3) is 0.600. The molecule has 0 fully saturated rings. The molecule has 2 rings (SSSR count). The quantitative estimate of drug-likeness (QED) is 0.603. The number of carbonyl (C=O) groups is 1. The van der Waals surface area contributed by atoms with Crippen LogP contribution in [0, 0.1) is 17.2 Å². The molecule has 0 amide bonds. The molecule has 2 nitrogen and oxygen atoms in total. The minimum absolute atomic E-state index is 0.0393. The van der Waals surface area contributed by atoms with Crippen molar-refractivity contribution in [3.63, 3.8) is 0 Å². The Labute approximate surface area is 113 Å². The first-order valence-corrected chi connectivity index (χ1v) is 7.63. The highest BCUT2D eigenvalue weighted by molar-refractivity contribution is 7.14. The van der Waals surface area contributed by atoms with E-state index in [4.69, 9.17) is 5.26 Å². The highest BCUT2D eigenvalue weighted by atomic mass is 32.1. The van der Waals surface area contributed by atoms with E-state index in [1.54, 1.807) is 11.3 Å². The largest absolute Gasteiger partial charge is 0.292 e. The zero-order valence-corrected chi connectivity index (χ0v) is 11.7. The topological polar surface area (TPSA) is 40.9 Å². The minimum Gasteiger partial charge on any atom is -0.292 e. The van der Waals surface area contributed by atoms with E-state index in [1.165, 1.54) is 29.7 Å². The van der Waals surface area contributed by atoms with Crippen molar-refractivity contribution in [2.24, 2.45) is 5.92 Å². The lowest BCUT2D eigenvalue weighted by Gasteiger charge is -2.03. The van der Waals surface area contributed by atoms with Crippen LogP contribution >= 0.6 is 11.3 Å². The average Bonchev–Trinajstić information content (AvgIpc) is 2.66. The van der Waals surface area contributed by atoms with Gasteiger partial charge in [-0.25, -0.2) is 0 Å². The van der Waals surface area contributed by atoms with Crippen molar-refractivity contribution in [1.82, 2.24) is 0 Å². The van der Waals surface area contributed by atoms with Gasteiger partial charge in [0.2, 0.25) is 0 Å². The summed E-state index contributed by atoms with van der Waals surface area (Å²) in [7, 11) is 0. The number of ketones is 1. The number of rotatable bonds is 4. The fourth-order valence-electron chi connectivity index (χ4n) is 2.50. The number of Topliss-reactive ketones (excluding diaryl/α,β-unsaturated/α-hetero) is 1. The van der Waals surface area contributed by atoms with Gasteiger partial charge in [0.05, 0.1) is 10.9 Å². The van der Waals surface area contributed by atoms with Gasteiger partial charge in [-0.05, 0) is 43.7 Å². The predicted octanol–water partition coefficient (Wildman–Crippen LogP) is 4.14. The molecule has 18 heavy (non-hydrogen) atoms. The van der Waals surface area contributed by atoms with Crippen LogP contribution < -0.4 is 0 Å². The van der Waals surface area contributed by atoms with E-state index in [2.05, 4.69) is 6.07 Å². The fourth-order valence-corrected chi connectivity index (χ4v) is 3.75. The molecule has 1 unspecified atom stereocenters. The maximum Gasteiger partial charge on any atom is 0.189 e. The van der Waals surface area contributed by atoms with E-state index < -0.39 is 5.92 Å². The van der Waals surface area contributed by atoms with E-state index in [1.807, 2.05) is 13.0 Å². The van der Waals surface area contributed by atoms with Crippen molar-refractivity contribution in [2.75, 3.05) is 0 Å². The highest BCUT2D eigenvalue weighted by Gasteiger charge is 2.22. The zero-order valence-electron chi connectivity index (χ0n) is 10.9. The van der Waals surface area contributed by atoms with E-state index >= 15 is 0 Å². The lowest BCUT2D eigenvalue weighted by molar-refractivity contribution is 0.0947. The van der Waals surface area contributed by atoms with E-state index in [0.717, 1.165) is 24.1 Å². The molecule has 0 radical (unpaired) electrons. The van der Waals surface area contributed by atoms with Crippen molar-refractivity contribution in [3.8, 4) is 6.07 Å². The molecular formula is C15H19NOS. The summed E-state index contributed by atoms with van der Waals surface area (Å²) in [5, 5.41) is 9.07. The number of hydrogen-bond donors (Lipinski definition) is 0. The second kappa shape index (κ2) is 6.15. The first-order valence-electron chi connectivity index (χ1n) is 6.81. The number of hydrogen-bond acceptors (Lipinski definition) is 3. The molecule has 0 aliphatic heterocycles. The summed E-state index contributed by atoms with van der Waals surface area (Å²) in [6, 6.07) is 4.20. The van der Waals surface area contributed by atoms with E-state index in [-0.39, 0.29) is 5.78 Å². The Hall–Kier alpha value is -1.14. The summed E-state index contributed by atoms with van der Waals surface area (Å²) in [4.78, 5) is 14.4. The molecule has 1 aliphatic rings. The molecule has 0 N–H and O–H groups in total. The van der Waals surface area contributed by atoms with Crippen LogP contribution in [0.1, 0.15) is 59.1 Å². The number of thiophene rings is 1.